The van der Waals surface area contributed by atoms with Gasteiger partial charge in [-0.15, -0.1) is 0 Å². The van der Waals surface area contributed by atoms with Gasteiger partial charge in [-0.2, -0.15) is 0 Å². The summed E-state index contributed by atoms with van der Waals surface area (Å²) in [7, 11) is 0. The molecule has 0 N–H and O–H groups in total. The zero-order valence-corrected chi connectivity index (χ0v) is 5.83. The van der Waals surface area contributed by atoms with Crippen molar-refractivity contribution >= 4 is 0 Å². The van der Waals surface area contributed by atoms with E-state index in [2.05, 4.69) is 0 Å². The SMILES string of the molecule is [2H][13c]1[13c]([2H])[13c]([2H])[13c]2[13c]([13c]1[2H])CCCC2. The summed E-state index contributed by atoms with van der Waals surface area (Å²) >= 11 is 0. The molecule has 1 aromatic carbocycles. The van der Waals surface area contributed by atoms with E-state index in [0.717, 1.165) is 36.8 Å². The molecule has 0 nitrogen and oxygen atoms in total. The van der Waals surface area contributed by atoms with E-state index in [4.69, 9.17) is 5.48 Å². The third kappa shape index (κ3) is 0.942. The van der Waals surface area contributed by atoms with Gasteiger partial charge in [0.05, 0.1) is 5.48 Å². The van der Waals surface area contributed by atoms with Crippen LogP contribution in [0.5, 0.6) is 0 Å². The van der Waals surface area contributed by atoms with Gasteiger partial charge in [-0.25, -0.2) is 0 Å². The van der Waals surface area contributed by atoms with Gasteiger partial charge in [0, 0.05) is 0 Å². The minimum atomic E-state index is -0.0874. The minimum Gasteiger partial charge on any atom is -0.0620 e. The maximum atomic E-state index is 7.72. The zero-order chi connectivity index (χ0) is 10.3. The predicted octanol–water partition coefficient (Wildman–Crippen LogP) is 2.57. The summed E-state index contributed by atoms with van der Waals surface area (Å²) < 4.78 is 30.5. The van der Waals surface area contributed by atoms with Gasteiger partial charge in [-0.05, 0) is 36.8 Å². The molecule has 52 valence electrons. The smallest absolute Gasteiger partial charge is 0.0620 e. The van der Waals surface area contributed by atoms with Crippen LogP contribution in [0.2, 0.25) is 0 Å². The molecule has 0 spiro atoms. The predicted molar refractivity (Wildman–Crippen MR) is 43.1 cm³/mol. The van der Waals surface area contributed by atoms with Crippen LogP contribution < -0.4 is 0 Å². The summed E-state index contributed by atoms with van der Waals surface area (Å²) in [6.45, 7) is 0. The van der Waals surface area contributed by atoms with Gasteiger partial charge < -0.3 is 0 Å². The van der Waals surface area contributed by atoms with Crippen molar-refractivity contribution in [2.45, 2.75) is 25.7 Å². The van der Waals surface area contributed by atoms with Gasteiger partial charge in [0.25, 0.3) is 0 Å². The molecule has 0 amide bonds. The Morgan fingerprint density at radius 2 is 1.50 bits per heavy atom. The standard InChI is InChI=1S/C10H12/c1-2-6-10-8-4-3-7-9(10)5-1/h1-2,5-6H,3-4,7-8H2/i1+1D,2+1D,5+1D,6+1D,9+1,10+1. The third-order valence-corrected chi connectivity index (χ3v) is 1.96. The van der Waals surface area contributed by atoms with Crippen molar-refractivity contribution < 1.29 is 5.48 Å². The van der Waals surface area contributed by atoms with E-state index in [0.29, 0.717) is 0 Å². The summed E-state index contributed by atoms with van der Waals surface area (Å²) in [6.07, 6.45) is 3.67. The van der Waals surface area contributed by atoms with Crippen LogP contribution in [0, 0.1) is 0 Å². The average Bonchev–Trinajstić information content (AvgIpc) is 2.23. The van der Waals surface area contributed by atoms with Crippen LogP contribution in [0.4, 0.5) is 0 Å². The lowest BCUT2D eigenvalue weighted by Crippen LogP contribution is -2.00. The molecule has 1 aromatic rings. The number of hydrogen-bond donors (Lipinski definition) is 0. The van der Waals surface area contributed by atoms with E-state index in [1.807, 2.05) is 0 Å². The molecule has 0 radical (unpaired) electrons. The van der Waals surface area contributed by atoms with Crippen molar-refractivity contribution in [3.05, 3.63) is 35.3 Å². The molecule has 0 heterocycles. The molecular weight excluding hydrogens is 126 g/mol. The molecule has 0 saturated heterocycles. The Bertz CT molecular complexity index is 347. The molecular formula is C10H12. The van der Waals surface area contributed by atoms with Crippen LogP contribution in [-0.2, 0) is 12.8 Å². The van der Waals surface area contributed by atoms with Crippen molar-refractivity contribution in [2.75, 3.05) is 0 Å². The molecule has 1 aliphatic carbocycles. The van der Waals surface area contributed by atoms with Gasteiger partial charge >= 0.3 is 0 Å². The van der Waals surface area contributed by atoms with E-state index >= 15 is 0 Å². The van der Waals surface area contributed by atoms with E-state index in [1.165, 1.54) is 0 Å². The maximum absolute atomic E-state index is 7.72. The molecule has 10 heavy (non-hydrogen) atoms. The Kier molecular flexibility index (Phi) is 0.755. The summed E-state index contributed by atoms with van der Waals surface area (Å²) in [4.78, 5) is 0. The van der Waals surface area contributed by atoms with Gasteiger partial charge in [0.15, 0.2) is 0 Å². The molecule has 0 aliphatic heterocycles. The first-order chi connectivity index (χ1) is 6.63. The van der Waals surface area contributed by atoms with Crippen LogP contribution in [0.25, 0.3) is 0 Å². The summed E-state index contributed by atoms with van der Waals surface area (Å²) in [5, 5.41) is 0. The first-order valence-corrected chi connectivity index (χ1v) is 3.71. The fourth-order valence-corrected chi connectivity index (χ4v) is 1.39. The normalized spacial score (nSPS) is 22.0. The molecule has 0 unspecified atom stereocenters. The van der Waals surface area contributed by atoms with Crippen molar-refractivity contribution in [1.29, 1.82) is 0 Å². The van der Waals surface area contributed by atoms with Gasteiger partial charge in [0.2, 0.25) is 0 Å². The number of fused-ring (bicyclic) bond motifs is 1. The molecule has 0 aromatic heterocycles. The summed E-state index contributed by atoms with van der Waals surface area (Å²) in [6, 6.07) is 0.160. The van der Waals surface area contributed by atoms with Crippen molar-refractivity contribution in [3.8, 4) is 0 Å². The fourth-order valence-electron chi connectivity index (χ4n) is 1.39. The van der Waals surface area contributed by atoms with E-state index in [-0.39, 0.29) is 24.2 Å². The summed E-state index contributed by atoms with van der Waals surface area (Å²) in [5.41, 5.74) is 1.67. The number of rotatable bonds is 0. The molecule has 2 rings (SSSR count). The highest BCUT2D eigenvalue weighted by molar-refractivity contribution is 5.28. The van der Waals surface area contributed by atoms with Gasteiger partial charge in [0.1, 0.15) is 0 Å². The fraction of sp³-hybridized carbons (Fsp3) is 0.400. The van der Waals surface area contributed by atoms with E-state index in [1.54, 1.807) is 0 Å². The second kappa shape index (κ2) is 2.45. The van der Waals surface area contributed by atoms with Crippen molar-refractivity contribution in [1.82, 2.24) is 0 Å². The second-order valence-corrected chi connectivity index (χ2v) is 2.66. The Morgan fingerprint density at radius 3 is 2.00 bits per heavy atom. The maximum Gasteiger partial charge on any atom is 0.0626 e. The molecule has 1 aliphatic rings. The van der Waals surface area contributed by atoms with Crippen LogP contribution in [0.3, 0.4) is 0 Å². The third-order valence-electron chi connectivity index (χ3n) is 1.96. The second-order valence-electron chi connectivity index (χ2n) is 2.66. The van der Waals surface area contributed by atoms with Gasteiger partial charge in [-0.3, -0.25) is 0 Å². The Hall–Kier alpha value is -0.780. The Labute approximate surface area is 67.5 Å². The number of hydrogen-bond acceptors (Lipinski definition) is 0. The first kappa shape index (κ1) is 3.08. The lowest BCUT2D eigenvalue weighted by atomic mass is 10.2. The average molecular weight is 142 g/mol. The van der Waals surface area contributed by atoms with Gasteiger partial charge in [-0.1, -0.05) is 24.2 Å². The molecule has 0 atom stereocenters. The van der Waals surface area contributed by atoms with Crippen molar-refractivity contribution in [3.63, 3.8) is 0 Å². The topological polar surface area (TPSA) is 0 Å². The quantitative estimate of drug-likeness (QED) is 0.522. The monoisotopic (exact) mass is 142 g/mol. The highest BCUT2D eigenvalue weighted by atomic mass is 14.8. The van der Waals surface area contributed by atoms with Crippen LogP contribution in [0.15, 0.2) is 24.2 Å². The minimum absolute atomic E-state index is 0.0874. The lowest BCUT2D eigenvalue weighted by Gasteiger charge is -2.13. The van der Waals surface area contributed by atoms with Crippen molar-refractivity contribution in [2.24, 2.45) is 0 Å². The van der Waals surface area contributed by atoms with Crippen LogP contribution in [-0.4, -0.2) is 0 Å². The Balaban J connectivity index is 2.71. The molecule has 0 bridgehead atoms. The Morgan fingerprint density at radius 1 is 1.00 bits per heavy atom. The van der Waals surface area contributed by atoms with Crippen LogP contribution in [0.1, 0.15) is 29.5 Å². The zero-order valence-electron chi connectivity index (χ0n) is 9.83. The lowest BCUT2D eigenvalue weighted by molar-refractivity contribution is 0.685. The first-order valence-electron chi connectivity index (χ1n) is 5.71. The highest BCUT2D eigenvalue weighted by Crippen LogP contribution is 2.19. The van der Waals surface area contributed by atoms with Crippen LogP contribution >= 0.6 is 0 Å². The van der Waals surface area contributed by atoms with E-state index < -0.39 is 0 Å². The molecule has 0 saturated carbocycles. The molecule has 0 heteroatoms. The van der Waals surface area contributed by atoms with E-state index in [9.17, 15) is 0 Å². The number of benzene rings is 1. The largest absolute Gasteiger partial charge is 0.0626 e. The summed E-state index contributed by atoms with van der Waals surface area (Å²) in [5.74, 6) is 0. The highest BCUT2D eigenvalue weighted by Gasteiger charge is 2.05. The molecule has 0 fully saturated rings.